The summed E-state index contributed by atoms with van der Waals surface area (Å²) in [6.45, 7) is 0.546. The molecule has 0 aliphatic carbocycles. The summed E-state index contributed by atoms with van der Waals surface area (Å²) in [7, 11) is 0. The van der Waals surface area contributed by atoms with E-state index in [-0.39, 0.29) is 0 Å². The predicted octanol–water partition coefficient (Wildman–Crippen LogP) is 3.53. The van der Waals surface area contributed by atoms with Crippen LogP contribution in [0.1, 0.15) is 5.56 Å². The van der Waals surface area contributed by atoms with E-state index >= 15 is 0 Å². The lowest BCUT2D eigenvalue weighted by Gasteiger charge is -2.05. The van der Waals surface area contributed by atoms with Gasteiger partial charge in [0.1, 0.15) is 0 Å². The Hall–Kier alpha value is -0.830. The number of halogens is 1. The fraction of sp³-hybridized carbons (Fsp3) is 0.0909. The molecule has 0 bridgehead atoms. The van der Waals surface area contributed by atoms with Gasteiger partial charge in [0.05, 0.1) is 9.90 Å². The second-order valence-corrected chi connectivity index (χ2v) is 4.28. The van der Waals surface area contributed by atoms with E-state index in [2.05, 4.69) is 6.07 Å². The molecule has 0 fully saturated rings. The summed E-state index contributed by atoms with van der Waals surface area (Å²) < 4.78 is 0. The molecular formula is C11H10ClNS. The van der Waals surface area contributed by atoms with Gasteiger partial charge in [-0.3, -0.25) is 0 Å². The van der Waals surface area contributed by atoms with Gasteiger partial charge in [-0.15, -0.1) is 11.3 Å². The van der Waals surface area contributed by atoms with Gasteiger partial charge in [-0.25, -0.2) is 0 Å². The lowest BCUT2D eigenvalue weighted by atomic mass is 10.1. The van der Waals surface area contributed by atoms with Gasteiger partial charge < -0.3 is 5.73 Å². The van der Waals surface area contributed by atoms with Crippen molar-refractivity contribution in [3.63, 3.8) is 0 Å². The molecule has 1 nitrogen and oxygen atoms in total. The third kappa shape index (κ3) is 1.69. The first-order valence-electron chi connectivity index (χ1n) is 4.34. The van der Waals surface area contributed by atoms with Crippen LogP contribution in [0.4, 0.5) is 0 Å². The highest BCUT2D eigenvalue weighted by molar-refractivity contribution is 7.14. The molecule has 0 saturated carbocycles. The van der Waals surface area contributed by atoms with E-state index < -0.39 is 0 Å². The Morgan fingerprint density at radius 1 is 1.21 bits per heavy atom. The summed E-state index contributed by atoms with van der Waals surface area (Å²) >= 11 is 7.72. The van der Waals surface area contributed by atoms with Gasteiger partial charge in [-0.2, -0.15) is 0 Å². The van der Waals surface area contributed by atoms with Crippen LogP contribution < -0.4 is 5.73 Å². The van der Waals surface area contributed by atoms with Crippen molar-refractivity contribution in [2.45, 2.75) is 6.54 Å². The van der Waals surface area contributed by atoms with Crippen LogP contribution >= 0.6 is 22.9 Å². The van der Waals surface area contributed by atoms with Crippen molar-refractivity contribution in [3.05, 3.63) is 46.3 Å². The highest BCUT2D eigenvalue weighted by Crippen LogP contribution is 2.34. The Kier molecular flexibility index (Phi) is 2.87. The number of thiophene rings is 1. The van der Waals surface area contributed by atoms with Crippen LogP contribution in [-0.2, 0) is 6.54 Å². The maximum Gasteiger partial charge on any atom is 0.0592 e. The summed E-state index contributed by atoms with van der Waals surface area (Å²) in [5.74, 6) is 0. The van der Waals surface area contributed by atoms with Gasteiger partial charge in [0.25, 0.3) is 0 Å². The van der Waals surface area contributed by atoms with Crippen LogP contribution in [-0.4, -0.2) is 0 Å². The molecule has 0 radical (unpaired) electrons. The minimum Gasteiger partial charge on any atom is -0.326 e. The average Bonchev–Trinajstić information content (AvgIpc) is 2.64. The van der Waals surface area contributed by atoms with E-state index in [4.69, 9.17) is 17.3 Å². The van der Waals surface area contributed by atoms with E-state index in [1.807, 2.05) is 29.6 Å². The number of rotatable bonds is 2. The highest BCUT2D eigenvalue weighted by atomic mass is 35.5. The molecule has 0 atom stereocenters. The Morgan fingerprint density at radius 3 is 2.64 bits per heavy atom. The van der Waals surface area contributed by atoms with E-state index in [0.717, 1.165) is 21.0 Å². The van der Waals surface area contributed by atoms with Gasteiger partial charge in [-0.1, -0.05) is 35.9 Å². The van der Waals surface area contributed by atoms with Gasteiger partial charge in [-0.05, 0) is 22.6 Å². The normalized spacial score (nSPS) is 10.4. The first-order chi connectivity index (χ1) is 6.83. The zero-order chi connectivity index (χ0) is 9.97. The summed E-state index contributed by atoms with van der Waals surface area (Å²) in [5.41, 5.74) is 7.95. The Labute approximate surface area is 92.1 Å². The molecule has 1 heterocycles. The predicted molar refractivity (Wildman–Crippen MR) is 62.7 cm³/mol. The van der Waals surface area contributed by atoms with E-state index in [9.17, 15) is 0 Å². The zero-order valence-electron chi connectivity index (χ0n) is 7.53. The van der Waals surface area contributed by atoms with Crippen molar-refractivity contribution in [2.24, 2.45) is 5.73 Å². The molecule has 2 N–H and O–H groups in total. The minimum absolute atomic E-state index is 0.546. The topological polar surface area (TPSA) is 26.0 Å². The van der Waals surface area contributed by atoms with Crippen molar-refractivity contribution < 1.29 is 0 Å². The largest absolute Gasteiger partial charge is 0.326 e. The van der Waals surface area contributed by atoms with Crippen LogP contribution in [0.3, 0.4) is 0 Å². The third-order valence-corrected chi connectivity index (χ3v) is 3.47. The molecular weight excluding hydrogens is 214 g/mol. The quantitative estimate of drug-likeness (QED) is 0.828. The molecule has 0 amide bonds. The fourth-order valence-corrected chi connectivity index (χ4v) is 2.63. The third-order valence-electron chi connectivity index (χ3n) is 2.10. The van der Waals surface area contributed by atoms with E-state index in [1.165, 1.54) is 0 Å². The van der Waals surface area contributed by atoms with Crippen LogP contribution in [0, 0.1) is 0 Å². The van der Waals surface area contributed by atoms with E-state index in [1.54, 1.807) is 11.3 Å². The maximum atomic E-state index is 6.07. The molecule has 1 aromatic carbocycles. The number of hydrogen-bond acceptors (Lipinski definition) is 2. The smallest absolute Gasteiger partial charge is 0.0592 e. The van der Waals surface area contributed by atoms with Crippen molar-refractivity contribution in [1.82, 2.24) is 0 Å². The molecule has 1 aromatic heterocycles. The molecule has 2 rings (SSSR count). The van der Waals surface area contributed by atoms with Gasteiger partial charge >= 0.3 is 0 Å². The summed E-state index contributed by atoms with van der Waals surface area (Å²) in [5, 5.41) is 2.79. The second-order valence-electron chi connectivity index (χ2n) is 2.96. The molecule has 72 valence electrons. The molecule has 3 heteroatoms. The first kappa shape index (κ1) is 9.71. The van der Waals surface area contributed by atoms with Crippen LogP contribution in [0.2, 0.25) is 5.02 Å². The molecule has 0 aliphatic rings. The molecule has 0 saturated heterocycles. The first-order valence-corrected chi connectivity index (χ1v) is 5.60. The second kappa shape index (κ2) is 4.13. The van der Waals surface area contributed by atoms with Crippen molar-refractivity contribution in [1.29, 1.82) is 0 Å². The Balaban J connectivity index is 2.56. The lowest BCUT2D eigenvalue weighted by molar-refractivity contribution is 1.07. The molecule has 0 aliphatic heterocycles. The maximum absolute atomic E-state index is 6.07. The van der Waals surface area contributed by atoms with Gasteiger partial charge in [0.15, 0.2) is 0 Å². The van der Waals surface area contributed by atoms with E-state index in [0.29, 0.717) is 6.54 Å². The monoisotopic (exact) mass is 223 g/mol. The number of nitrogens with two attached hydrogens (primary N) is 1. The zero-order valence-corrected chi connectivity index (χ0v) is 9.11. The number of hydrogen-bond donors (Lipinski definition) is 1. The van der Waals surface area contributed by atoms with Crippen LogP contribution in [0.15, 0.2) is 35.7 Å². The molecule has 0 spiro atoms. The Bertz CT molecular complexity index is 436. The van der Waals surface area contributed by atoms with Crippen molar-refractivity contribution in [3.8, 4) is 10.4 Å². The van der Waals surface area contributed by atoms with Crippen LogP contribution in [0.5, 0.6) is 0 Å². The standard InChI is InChI=1S/C11H10ClNS/c12-10-5-6-14-11(10)9-4-2-1-3-8(9)7-13/h1-6H,7,13H2. The Morgan fingerprint density at radius 2 is 2.00 bits per heavy atom. The molecule has 2 aromatic rings. The minimum atomic E-state index is 0.546. The molecule has 14 heavy (non-hydrogen) atoms. The van der Waals surface area contributed by atoms with Crippen molar-refractivity contribution >= 4 is 22.9 Å². The molecule has 0 unspecified atom stereocenters. The highest BCUT2D eigenvalue weighted by Gasteiger charge is 2.07. The van der Waals surface area contributed by atoms with Crippen molar-refractivity contribution in [2.75, 3.05) is 0 Å². The average molecular weight is 224 g/mol. The fourth-order valence-electron chi connectivity index (χ4n) is 1.41. The van der Waals surface area contributed by atoms with Crippen LogP contribution in [0.25, 0.3) is 10.4 Å². The summed E-state index contributed by atoms with van der Waals surface area (Å²) in [6.07, 6.45) is 0. The summed E-state index contributed by atoms with van der Waals surface area (Å²) in [6, 6.07) is 10.00. The number of benzene rings is 1. The van der Waals surface area contributed by atoms with Gasteiger partial charge in [0, 0.05) is 6.54 Å². The lowest BCUT2D eigenvalue weighted by Crippen LogP contribution is -1.97. The van der Waals surface area contributed by atoms with Gasteiger partial charge in [0.2, 0.25) is 0 Å². The SMILES string of the molecule is NCc1ccccc1-c1sccc1Cl. The summed E-state index contributed by atoms with van der Waals surface area (Å²) in [4.78, 5) is 1.10.